The van der Waals surface area contributed by atoms with E-state index in [4.69, 9.17) is 4.99 Å². The fourth-order valence-corrected chi connectivity index (χ4v) is 3.97. The van der Waals surface area contributed by atoms with E-state index in [9.17, 15) is 0 Å². The number of hydrogen-bond acceptors (Lipinski definition) is 2. The van der Waals surface area contributed by atoms with Gasteiger partial charge >= 0.3 is 0 Å². The van der Waals surface area contributed by atoms with Crippen LogP contribution in [0.3, 0.4) is 0 Å². The largest absolute Gasteiger partial charge is 0.343 e. The second kappa shape index (κ2) is 7.56. The number of hydrogen-bond donors (Lipinski definition) is 1. The van der Waals surface area contributed by atoms with Crippen LogP contribution in [0, 0.1) is 5.92 Å². The Morgan fingerprint density at radius 3 is 2.54 bits per heavy atom. The predicted molar refractivity (Wildman–Crippen MR) is 100 cm³/mol. The van der Waals surface area contributed by atoms with E-state index in [0.29, 0.717) is 0 Å². The zero-order valence-electron chi connectivity index (χ0n) is 14.7. The van der Waals surface area contributed by atoms with Gasteiger partial charge in [-0.3, -0.25) is 4.99 Å². The van der Waals surface area contributed by atoms with Crippen LogP contribution in [0.4, 0.5) is 5.69 Å². The van der Waals surface area contributed by atoms with Gasteiger partial charge in [0.2, 0.25) is 0 Å². The molecule has 1 aromatic carbocycles. The predicted octanol–water partition coefficient (Wildman–Crippen LogP) is 3.42. The molecule has 130 valence electrons. The van der Waals surface area contributed by atoms with Crippen molar-refractivity contribution in [3.63, 3.8) is 0 Å². The molecular formula is C20H30N4. The first kappa shape index (κ1) is 15.9. The summed E-state index contributed by atoms with van der Waals surface area (Å²) in [6.07, 6.45) is 8.09. The summed E-state index contributed by atoms with van der Waals surface area (Å²) in [6, 6.07) is 11.4. The van der Waals surface area contributed by atoms with Crippen molar-refractivity contribution in [3.8, 4) is 0 Å². The number of piperidine rings is 1. The molecule has 1 unspecified atom stereocenters. The summed E-state index contributed by atoms with van der Waals surface area (Å²) in [7, 11) is 0. The molecule has 3 fully saturated rings. The minimum absolute atomic E-state index is 0.739. The SMILES string of the molecule is c1ccc(NC(=NCC2CCN(C3CC3)C2)N2CCCCC2)cc1. The lowest BCUT2D eigenvalue weighted by Gasteiger charge is -2.30. The zero-order valence-corrected chi connectivity index (χ0v) is 14.7. The molecule has 0 amide bonds. The summed E-state index contributed by atoms with van der Waals surface area (Å²) in [6.45, 7) is 5.78. The van der Waals surface area contributed by atoms with E-state index in [1.807, 2.05) is 0 Å². The van der Waals surface area contributed by atoms with E-state index >= 15 is 0 Å². The molecule has 0 aromatic heterocycles. The molecule has 0 bridgehead atoms. The van der Waals surface area contributed by atoms with Crippen LogP contribution >= 0.6 is 0 Å². The van der Waals surface area contributed by atoms with Crippen LogP contribution in [0.15, 0.2) is 35.3 Å². The first-order chi connectivity index (χ1) is 11.9. The van der Waals surface area contributed by atoms with Gasteiger partial charge in [-0.1, -0.05) is 18.2 Å². The van der Waals surface area contributed by atoms with Gasteiger partial charge in [0, 0.05) is 37.9 Å². The standard InChI is InChI=1S/C20H30N4/c1-3-7-18(8-4-1)22-20(23-12-5-2-6-13-23)21-15-17-11-14-24(16-17)19-9-10-19/h1,3-4,7-8,17,19H,2,5-6,9-16H2,(H,21,22). The van der Waals surface area contributed by atoms with Gasteiger partial charge in [-0.05, 0) is 63.1 Å². The van der Waals surface area contributed by atoms with E-state index in [0.717, 1.165) is 43.2 Å². The van der Waals surface area contributed by atoms with E-state index in [-0.39, 0.29) is 0 Å². The van der Waals surface area contributed by atoms with E-state index in [2.05, 4.69) is 45.4 Å². The third-order valence-corrected chi connectivity index (χ3v) is 5.57. The molecule has 4 nitrogen and oxygen atoms in total. The van der Waals surface area contributed by atoms with Gasteiger partial charge in [-0.25, -0.2) is 0 Å². The smallest absolute Gasteiger partial charge is 0.198 e. The average molecular weight is 326 g/mol. The highest BCUT2D eigenvalue weighted by Crippen LogP contribution is 2.31. The monoisotopic (exact) mass is 326 g/mol. The molecule has 24 heavy (non-hydrogen) atoms. The molecule has 2 heterocycles. The molecule has 3 aliphatic rings. The number of nitrogens with one attached hydrogen (secondary N) is 1. The lowest BCUT2D eigenvalue weighted by molar-refractivity contribution is 0.314. The Bertz CT molecular complexity index is 546. The van der Waals surface area contributed by atoms with Gasteiger partial charge < -0.3 is 15.1 Å². The minimum Gasteiger partial charge on any atom is -0.343 e. The van der Waals surface area contributed by atoms with Crippen LogP contribution in [0.1, 0.15) is 38.5 Å². The highest BCUT2D eigenvalue weighted by molar-refractivity contribution is 5.93. The first-order valence-electron chi connectivity index (χ1n) is 9.74. The third kappa shape index (κ3) is 4.10. The van der Waals surface area contributed by atoms with E-state index < -0.39 is 0 Å². The maximum Gasteiger partial charge on any atom is 0.198 e. The Morgan fingerprint density at radius 1 is 1.00 bits per heavy atom. The number of para-hydroxylation sites is 1. The number of guanidine groups is 1. The van der Waals surface area contributed by atoms with Gasteiger partial charge in [0.05, 0.1) is 0 Å². The van der Waals surface area contributed by atoms with Crippen molar-refractivity contribution in [2.24, 2.45) is 10.9 Å². The molecule has 0 radical (unpaired) electrons. The second-order valence-corrected chi connectivity index (χ2v) is 7.58. The van der Waals surface area contributed by atoms with Crippen molar-refractivity contribution in [3.05, 3.63) is 30.3 Å². The molecule has 4 heteroatoms. The number of rotatable bonds is 4. The van der Waals surface area contributed by atoms with Gasteiger partial charge in [0.25, 0.3) is 0 Å². The van der Waals surface area contributed by atoms with Gasteiger partial charge in [-0.15, -0.1) is 0 Å². The van der Waals surface area contributed by atoms with Gasteiger partial charge in [0.1, 0.15) is 0 Å². The maximum atomic E-state index is 5.04. The topological polar surface area (TPSA) is 30.9 Å². The third-order valence-electron chi connectivity index (χ3n) is 5.57. The summed E-state index contributed by atoms with van der Waals surface area (Å²) in [5, 5.41) is 3.58. The first-order valence-corrected chi connectivity index (χ1v) is 9.74. The fourth-order valence-electron chi connectivity index (χ4n) is 3.97. The van der Waals surface area contributed by atoms with Crippen molar-refractivity contribution < 1.29 is 0 Å². The number of benzene rings is 1. The van der Waals surface area contributed by atoms with Gasteiger partial charge in [0.15, 0.2) is 5.96 Å². The van der Waals surface area contributed by atoms with Crippen molar-refractivity contribution >= 4 is 11.6 Å². The number of anilines is 1. The van der Waals surface area contributed by atoms with Crippen LogP contribution in [0.25, 0.3) is 0 Å². The van der Waals surface area contributed by atoms with Crippen LogP contribution in [0.5, 0.6) is 0 Å². The van der Waals surface area contributed by atoms with Crippen molar-refractivity contribution in [1.82, 2.24) is 9.80 Å². The Balaban J connectivity index is 1.40. The quantitative estimate of drug-likeness (QED) is 0.679. The molecule has 1 aliphatic carbocycles. The van der Waals surface area contributed by atoms with Gasteiger partial charge in [-0.2, -0.15) is 0 Å². The molecule has 2 aliphatic heterocycles. The Hall–Kier alpha value is -1.55. The highest BCUT2D eigenvalue weighted by Gasteiger charge is 2.34. The minimum atomic E-state index is 0.739. The van der Waals surface area contributed by atoms with Crippen molar-refractivity contribution in [2.45, 2.75) is 44.6 Å². The fraction of sp³-hybridized carbons (Fsp3) is 0.650. The Kier molecular flexibility index (Phi) is 5.02. The molecule has 1 aromatic rings. The summed E-state index contributed by atoms with van der Waals surface area (Å²) in [5.41, 5.74) is 1.15. The van der Waals surface area contributed by atoms with Crippen LogP contribution in [-0.2, 0) is 0 Å². The van der Waals surface area contributed by atoms with Crippen LogP contribution in [0.2, 0.25) is 0 Å². The summed E-state index contributed by atoms with van der Waals surface area (Å²) >= 11 is 0. The van der Waals surface area contributed by atoms with Crippen LogP contribution < -0.4 is 5.32 Å². The lowest BCUT2D eigenvalue weighted by Crippen LogP contribution is -2.40. The Labute approximate surface area is 145 Å². The molecule has 0 spiro atoms. The lowest BCUT2D eigenvalue weighted by atomic mass is 10.1. The molecule has 1 saturated carbocycles. The molecule has 1 N–H and O–H groups in total. The summed E-state index contributed by atoms with van der Waals surface area (Å²) in [5.74, 6) is 1.83. The van der Waals surface area contributed by atoms with E-state index in [1.165, 1.54) is 51.6 Å². The maximum absolute atomic E-state index is 5.04. The summed E-state index contributed by atoms with van der Waals surface area (Å²) < 4.78 is 0. The second-order valence-electron chi connectivity index (χ2n) is 7.58. The molecular weight excluding hydrogens is 296 g/mol. The highest BCUT2D eigenvalue weighted by atomic mass is 15.3. The number of aliphatic imine (C=N–C) groups is 1. The zero-order chi connectivity index (χ0) is 16.2. The molecule has 1 atom stereocenters. The normalized spacial score (nSPS) is 25.9. The average Bonchev–Trinajstić information content (AvgIpc) is 3.39. The number of likely N-dealkylation sites (tertiary alicyclic amines) is 2. The summed E-state index contributed by atoms with van der Waals surface area (Å²) in [4.78, 5) is 10.2. The Morgan fingerprint density at radius 2 is 1.79 bits per heavy atom. The number of nitrogens with zero attached hydrogens (tertiary/aromatic N) is 3. The van der Waals surface area contributed by atoms with Crippen molar-refractivity contribution in [2.75, 3.05) is 38.0 Å². The van der Waals surface area contributed by atoms with E-state index in [1.54, 1.807) is 0 Å². The molecule has 4 rings (SSSR count). The van der Waals surface area contributed by atoms with Crippen LogP contribution in [-0.4, -0.2) is 54.5 Å². The van der Waals surface area contributed by atoms with Crippen molar-refractivity contribution in [1.29, 1.82) is 0 Å². The molecule has 2 saturated heterocycles.